The Kier molecular flexibility index (Phi) is 3.36. The molecule has 1 atom stereocenters. The fraction of sp³-hybridized carbons (Fsp3) is 0.400. The van der Waals surface area contributed by atoms with Crippen LogP contribution in [0.3, 0.4) is 0 Å². The monoisotopic (exact) mass is 257 g/mol. The van der Waals surface area contributed by atoms with Crippen molar-refractivity contribution in [3.63, 3.8) is 0 Å². The highest BCUT2D eigenvalue weighted by Gasteiger charge is 2.33. The summed E-state index contributed by atoms with van der Waals surface area (Å²) in [4.78, 5) is 0. The zero-order valence-corrected chi connectivity index (χ0v) is 10.9. The van der Waals surface area contributed by atoms with E-state index in [-0.39, 0.29) is 0 Å². The number of nitrogens with one attached hydrogen (secondary N) is 1. The number of hydrogen-bond donors (Lipinski definition) is 2. The van der Waals surface area contributed by atoms with Gasteiger partial charge in [-0.15, -0.1) is 0 Å². The average Bonchev–Trinajstić information content (AvgIpc) is 2.84. The van der Waals surface area contributed by atoms with E-state index in [1.54, 1.807) is 6.20 Å². The van der Waals surface area contributed by atoms with Crippen LogP contribution >= 0.6 is 0 Å². The van der Waals surface area contributed by atoms with E-state index in [0.29, 0.717) is 0 Å². The van der Waals surface area contributed by atoms with Gasteiger partial charge in [-0.2, -0.15) is 5.10 Å². The van der Waals surface area contributed by atoms with Crippen LogP contribution in [-0.4, -0.2) is 28.0 Å². The summed E-state index contributed by atoms with van der Waals surface area (Å²) in [6.07, 6.45) is 4.25. The van der Waals surface area contributed by atoms with Crippen molar-refractivity contribution in [3.05, 3.63) is 48.3 Å². The first kappa shape index (κ1) is 12.4. The van der Waals surface area contributed by atoms with Crippen LogP contribution in [0.4, 0.5) is 0 Å². The first-order valence-electron chi connectivity index (χ1n) is 6.83. The van der Waals surface area contributed by atoms with Crippen molar-refractivity contribution in [2.24, 2.45) is 0 Å². The minimum Gasteiger partial charge on any atom is -0.384 e. The van der Waals surface area contributed by atoms with Gasteiger partial charge in [-0.05, 0) is 50.6 Å². The van der Waals surface area contributed by atoms with Gasteiger partial charge in [0.15, 0.2) is 0 Å². The molecule has 0 saturated carbocycles. The zero-order chi connectivity index (χ0) is 13.1. The Labute approximate surface area is 113 Å². The van der Waals surface area contributed by atoms with Crippen LogP contribution in [0.2, 0.25) is 0 Å². The van der Waals surface area contributed by atoms with Crippen molar-refractivity contribution in [2.75, 3.05) is 13.1 Å². The molecule has 19 heavy (non-hydrogen) atoms. The first-order chi connectivity index (χ1) is 9.30. The highest BCUT2D eigenvalue weighted by atomic mass is 16.3. The van der Waals surface area contributed by atoms with Gasteiger partial charge in [-0.1, -0.05) is 18.2 Å². The highest BCUT2D eigenvalue weighted by molar-refractivity contribution is 5.34. The molecule has 1 unspecified atom stereocenters. The minimum atomic E-state index is -0.782. The Hall–Kier alpha value is -1.65. The van der Waals surface area contributed by atoms with Crippen LogP contribution in [0, 0.1) is 0 Å². The number of aromatic nitrogens is 2. The van der Waals surface area contributed by atoms with Crippen molar-refractivity contribution in [3.8, 4) is 5.69 Å². The molecule has 0 aliphatic carbocycles. The molecule has 0 spiro atoms. The lowest BCUT2D eigenvalue weighted by molar-refractivity contribution is 0.0174. The highest BCUT2D eigenvalue weighted by Crippen LogP contribution is 2.32. The van der Waals surface area contributed by atoms with Gasteiger partial charge < -0.3 is 10.4 Å². The molecule has 100 valence electrons. The second-order valence-corrected chi connectivity index (χ2v) is 5.10. The zero-order valence-electron chi connectivity index (χ0n) is 10.9. The molecule has 1 aliphatic heterocycles. The maximum absolute atomic E-state index is 11.0. The lowest BCUT2D eigenvalue weighted by Gasteiger charge is -2.27. The molecule has 1 aromatic heterocycles. The van der Waals surface area contributed by atoms with Crippen molar-refractivity contribution >= 4 is 0 Å². The fourth-order valence-corrected chi connectivity index (χ4v) is 2.74. The van der Waals surface area contributed by atoms with E-state index in [2.05, 4.69) is 10.4 Å². The molecular formula is C15H19N3O. The van der Waals surface area contributed by atoms with E-state index in [4.69, 9.17) is 0 Å². The topological polar surface area (TPSA) is 50.1 Å². The Morgan fingerprint density at radius 3 is 2.79 bits per heavy atom. The lowest BCUT2D eigenvalue weighted by Crippen LogP contribution is -2.30. The summed E-state index contributed by atoms with van der Waals surface area (Å²) in [6, 6.07) is 11.9. The van der Waals surface area contributed by atoms with Gasteiger partial charge in [0, 0.05) is 6.20 Å². The molecule has 0 radical (unpaired) electrons. The van der Waals surface area contributed by atoms with E-state index in [0.717, 1.165) is 43.7 Å². The van der Waals surface area contributed by atoms with Crippen molar-refractivity contribution in [1.29, 1.82) is 0 Å². The van der Waals surface area contributed by atoms with E-state index < -0.39 is 5.60 Å². The molecule has 1 fully saturated rings. The number of hydrogen-bond acceptors (Lipinski definition) is 3. The molecule has 1 saturated heterocycles. The number of para-hydroxylation sites is 1. The summed E-state index contributed by atoms with van der Waals surface area (Å²) in [5.41, 5.74) is 1.10. The Bertz CT molecular complexity index is 527. The molecular weight excluding hydrogens is 238 g/mol. The molecule has 2 heterocycles. The second-order valence-electron chi connectivity index (χ2n) is 5.10. The van der Waals surface area contributed by atoms with E-state index >= 15 is 0 Å². The maximum Gasteiger partial charge on any atom is 0.108 e. The van der Waals surface area contributed by atoms with Crippen LogP contribution in [-0.2, 0) is 5.60 Å². The van der Waals surface area contributed by atoms with Crippen LogP contribution in [0.15, 0.2) is 42.6 Å². The van der Waals surface area contributed by atoms with Gasteiger partial charge in [0.25, 0.3) is 0 Å². The number of nitrogens with zero attached hydrogens (tertiary/aromatic N) is 2. The summed E-state index contributed by atoms with van der Waals surface area (Å²) in [7, 11) is 0. The van der Waals surface area contributed by atoms with Crippen LogP contribution in [0.5, 0.6) is 0 Å². The summed E-state index contributed by atoms with van der Waals surface area (Å²) < 4.78 is 1.85. The molecule has 1 aliphatic rings. The molecule has 3 rings (SSSR count). The Morgan fingerprint density at radius 2 is 1.95 bits per heavy atom. The molecule has 1 aromatic carbocycles. The minimum absolute atomic E-state index is 0.728. The third kappa shape index (κ3) is 2.41. The summed E-state index contributed by atoms with van der Waals surface area (Å²) in [5, 5.41) is 18.7. The van der Waals surface area contributed by atoms with Crippen LogP contribution < -0.4 is 5.32 Å². The molecule has 4 nitrogen and oxygen atoms in total. The molecule has 0 bridgehead atoms. The van der Waals surface area contributed by atoms with E-state index in [1.165, 1.54) is 0 Å². The van der Waals surface area contributed by atoms with Crippen LogP contribution in [0.25, 0.3) is 5.69 Å². The van der Waals surface area contributed by atoms with E-state index in [9.17, 15) is 5.11 Å². The maximum atomic E-state index is 11.0. The normalized spacial score (nSPS) is 24.1. The molecule has 2 aromatic rings. The average molecular weight is 257 g/mol. The largest absolute Gasteiger partial charge is 0.384 e. The quantitative estimate of drug-likeness (QED) is 0.863. The SMILES string of the molecule is OC1(c2ccnn2-c2ccccc2)CCCNCC1. The predicted octanol–water partition coefficient (Wildman–Crippen LogP) is 1.83. The Morgan fingerprint density at radius 1 is 1.11 bits per heavy atom. The van der Waals surface area contributed by atoms with Gasteiger partial charge in [-0.3, -0.25) is 0 Å². The third-order valence-corrected chi connectivity index (χ3v) is 3.78. The lowest BCUT2D eigenvalue weighted by atomic mass is 9.91. The van der Waals surface area contributed by atoms with E-state index in [1.807, 2.05) is 41.1 Å². The van der Waals surface area contributed by atoms with Crippen molar-refractivity contribution in [1.82, 2.24) is 15.1 Å². The number of benzene rings is 1. The Balaban J connectivity index is 1.99. The summed E-state index contributed by atoms with van der Waals surface area (Å²) in [6.45, 7) is 1.82. The smallest absolute Gasteiger partial charge is 0.108 e. The molecule has 2 N–H and O–H groups in total. The number of aliphatic hydroxyl groups is 1. The summed E-state index contributed by atoms with van der Waals surface area (Å²) >= 11 is 0. The first-order valence-corrected chi connectivity index (χ1v) is 6.83. The molecule has 0 amide bonds. The third-order valence-electron chi connectivity index (χ3n) is 3.78. The standard InChI is InChI=1S/C15H19N3O/c19-15(8-4-10-16-12-9-15)14-7-11-17-18(14)13-5-2-1-3-6-13/h1-3,5-7,11,16,19H,4,8-10,12H2. The van der Waals surface area contributed by atoms with Gasteiger partial charge in [0.05, 0.1) is 11.4 Å². The second kappa shape index (κ2) is 5.15. The van der Waals surface area contributed by atoms with Gasteiger partial charge >= 0.3 is 0 Å². The van der Waals surface area contributed by atoms with Gasteiger partial charge in [0.1, 0.15) is 5.60 Å². The predicted molar refractivity (Wildman–Crippen MR) is 74.2 cm³/mol. The molecule has 4 heteroatoms. The van der Waals surface area contributed by atoms with Gasteiger partial charge in [0.2, 0.25) is 0 Å². The summed E-state index contributed by atoms with van der Waals surface area (Å²) in [5.74, 6) is 0. The number of rotatable bonds is 2. The van der Waals surface area contributed by atoms with Crippen molar-refractivity contribution < 1.29 is 5.11 Å². The van der Waals surface area contributed by atoms with Gasteiger partial charge in [-0.25, -0.2) is 4.68 Å². The van der Waals surface area contributed by atoms with Crippen molar-refractivity contribution in [2.45, 2.75) is 24.9 Å². The fourth-order valence-electron chi connectivity index (χ4n) is 2.74. The van der Waals surface area contributed by atoms with Crippen LogP contribution in [0.1, 0.15) is 25.0 Å².